The van der Waals surface area contributed by atoms with Gasteiger partial charge in [0, 0.05) is 0 Å². The summed E-state index contributed by atoms with van der Waals surface area (Å²) < 4.78 is 0. The Morgan fingerprint density at radius 1 is 0.824 bits per heavy atom. The van der Waals surface area contributed by atoms with Gasteiger partial charge in [-0.25, -0.2) is 9.98 Å². The number of aliphatic imine (C=N–C) groups is 2. The van der Waals surface area contributed by atoms with E-state index in [1.807, 2.05) is 13.8 Å². The van der Waals surface area contributed by atoms with E-state index in [0.29, 0.717) is 12.8 Å². The fourth-order valence-electron chi connectivity index (χ4n) is 1.45. The molecule has 8 N–H and O–H groups in total. The van der Waals surface area contributed by atoms with Crippen LogP contribution in [0.3, 0.4) is 0 Å². The first kappa shape index (κ1) is 16.2. The summed E-state index contributed by atoms with van der Waals surface area (Å²) in [7, 11) is 0. The lowest BCUT2D eigenvalue weighted by atomic mass is 10.1. The Hall–Kier alpha value is -0.780. The Balaban J connectivity index is 4.33. The minimum atomic E-state index is -0.343. The minimum Gasteiger partial charge on any atom is -0.316 e. The molecule has 0 fully saturated rings. The van der Waals surface area contributed by atoms with E-state index < -0.39 is 0 Å². The van der Waals surface area contributed by atoms with Gasteiger partial charge in [0.1, 0.15) is 0 Å². The maximum Gasteiger partial charge on any atom is 0.0898 e. The summed E-state index contributed by atoms with van der Waals surface area (Å²) in [5, 5.41) is 0. The predicted octanol–water partition coefficient (Wildman–Crippen LogP) is -0.0153. The molecule has 0 aromatic heterocycles. The first-order chi connectivity index (χ1) is 7.99. The SMILES string of the molecule is CCC(CC(N)N)N=C=NC(CC)CC(N)N. The zero-order valence-corrected chi connectivity index (χ0v) is 10.8. The van der Waals surface area contributed by atoms with Crippen LogP contribution >= 0.6 is 0 Å². The van der Waals surface area contributed by atoms with E-state index in [9.17, 15) is 0 Å². The second kappa shape index (κ2) is 9.27. The molecule has 0 aromatic rings. The summed E-state index contributed by atoms with van der Waals surface area (Å²) in [6, 6.07) is 2.90. The van der Waals surface area contributed by atoms with Crippen LogP contribution in [0, 0.1) is 0 Å². The van der Waals surface area contributed by atoms with Crippen molar-refractivity contribution >= 4 is 6.01 Å². The van der Waals surface area contributed by atoms with Crippen LogP contribution in [-0.4, -0.2) is 30.4 Å². The van der Waals surface area contributed by atoms with Gasteiger partial charge in [-0.2, -0.15) is 0 Å². The number of nitrogens with two attached hydrogens (primary N) is 4. The Morgan fingerprint density at radius 2 is 1.18 bits per heavy atom. The summed E-state index contributed by atoms with van der Waals surface area (Å²) in [6.07, 6.45) is 2.36. The van der Waals surface area contributed by atoms with Crippen molar-refractivity contribution in [2.75, 3.05) is 0 Å². The third kappa shape index (κ3) is 8.97. The van der Waals surface area contributed by atoms with Crippen molar-refractivity contribution in [2.24, 2.45) is 32.9 Å². The molecule has 6 heteroatoms. The standard InChI is InChI=1S/C11H26N6/c1-3-8(5-10(12)13)16-7-17-9(4-2)6-11(14)15/h8-11H,3-6,12-15H2,1-2H3. The molecular formula is C11H26N6. The largest absolute Gasteiger partial charge is 0.316 e. The van der Waals surface area contributed by atoms with Crippen molar-refractivity contribution in [3.63, 3.8) is 0 Å². The molecule has 0 aromatic carbocycles. The van der Waals surface area contributed by atoms with Gasteiger partial charge in [-0.3, -0.25) is 0 Å². The van der Waals surface area contributed by atoms with E-state index >= 15 is 0 Å². The van der Waals surface area contributed by atoms with Crippen molar-refractivity contribution in [3.05, 3.63) is 0 Å². The summed E-state index contributed by atoms with van der Waals surface area (Å²) in [4.78, 5) is 8.44. The minimum absolute atomic E-state index is 0.0859. The molecule has 17 heavy (non-hydrogen) atoms. The highest BCUT2D eigenvalue weighted by atomic mass is 14.9. The molecule has 0 heterocycles. The zero-order valence-electron chi connectivity index (χ0n) is 10.8. The highest BCUT2D eigenvalue weighted by Gasteiger charge is 2.08. The van der Waals surface area contributed by atoms with Crippen LogP contribution in [0.5, 0.6) is 0 Å². The average Bonchev–Trinajstić information content (AvgIpc) is 2.25. The smallest absolute Gasteiger partial charge is 0.0898 e. The van der Waals surface area contributed by atoms with Gasteiger partial charge in [0.25, 0.3) is 0 Å². The second-order valence-electron chi connectivity index (χ2n) is 4.28. The van der Waals surface area contributed by atoms with Crippen LogP contribution in [0.4, 0.5) is 0 Å². The van der Waals surface area contributed by atoms with Gasteiger partial charge in [-0.15, -0.1) is 0 Å². The molecule has 0 radical (unpaired) electrons. The van der Waals surface area contributed by atoms with Crippen LogP contribution in [0.25, 0.3) is 0 Å². The maximum absolute atomic E-state index is 5.52. The molecule has 0 aliphatic carbocycles. The van der Waals surface area contributed by atoms with E-state index in [2.05, 4.69) is 16.0 Å². The summed E-state index contributed by atoms with van der Waals surface area (Å²) in [5.74, 6) is 0. The van der Waals surface area contributed by atoms with Gasteiger partial charge in [-0.1, -0.05) is 13.8 Å². The van der Waals surface area contributed by atoms with Crippen LogP contribution in [0.1, 0.15) is 39.5 Å². The molecule has 0 aliphatic rings. The summed E-state index contributed by atoms with van der Waals surface area (Å²) in [5.41, 5.74) is 22.1. The van der Waals surface area contributed by atoms with Crippen molar-refractivity contribution in [1.82, 2.24) is 0 Å². The highest BCUT2D eigenvalue weighted by molar-refractivity contribution is 5.42. The third-order valence-electron chi connectivity index (χ3n) is 2.51. The topological polar surface area (TPSA) is 129 Å². The van der Waals surface area contributed by atoms with E-state index in [-0.39, 0.29) is 24.4 Å². The Labute approximate surface area is 104 Å². The van der Waals surface area contributed by atoms with Gasteiger partial charge in [0.15, 0.2) is 0 Å². The lowest BCUT2D eigenvalue weighted by Gasteiger charge is -2.11. The van der Waals surface area contributed by atoms with Gasteiger partial charge >= 0.3 is 0 Å². The molecule has 0 rings (SSSR count). The first-order valence-electron chi connectivity index (χ1n) is 6.16. The Bertz CT molecular complexity index is 222. The Kier molecular flexibility index (Phi) is 8.85. The summed E-state index contributed by atoms with van der Waals surface area (Å²) >= 11 is 0. The zero-order chi connectivity index (χ0) is 13.3. The summed E-state index contributed by atoms with van der Waals surface area (Å²) in [6.45, 7) is 4.07. The van der Waals surface area contributed by atoms with E-state index in [1.54, 1.807) is 0 Å². The van der Waals surface area contributed by atoms with Crippen molar-refractivity contribution in [2.45, 2.75) is 63.9 Å². The molecule has 0 spiro atoms. The normalized spacial score (nSPS) is 14.6. The lowest BCUT2D eigenvalue weighted by Crippen LogP contribution is -2.34. The third-order valence-corrected chi connectivity index (χ3v) is 2.51. The molecule has 100 valence electrons. The van der Waals surface area contributed by atoms with E-state index in [4.69, 9.17) is 22.9 Å². The second-order valence-corrected chi connectivity index (χ2v) is 4.28. The number of rotatable bonds is 8. The van der Waals surface area contributed by atoms with Crippen molar-refractivity contribution < 1.29 is 0 Å². The lowest BCUT2D eigenvalue weighted by molar-refractivity contribution is 0.517. The fourth-order valence-corrected chi connectivity index (χ4v) is 1.45. The quantitative estimate of drug-likeness (QED) is 0.352. The van der Waals surface area contributed by atoms with Crippen LogP contribution < -0.4 is 22.9 Å². The maximum atomic E-state index is 5.52. The van der Waals surface area contributed by atoms with Crippen LogP contribution in [-0.2, 0) is 0 Å². The molecule has 0 bridgehead atoms. The number of hydrogen-bond donors (Lipinski definition) is 4. The molecule has 6 nitrogen and oxygen atoms in total. The van der Waals surface area contributed by atoms with Gasteiger partial charge in [0.05, 0.1) is 30.4 Å². The fraction of sp³-hybridized carbons (Fsp3) is 0.909. The Morgan fingerprint density at radius 3 is 1.41 bits per heavy atom. The average molecular weight is 242 g/mol. The molecule has 2 unspecified atom stereocenters. The van der Waals surface area contributed by atoms with E-state index in [0.717, 1.165) is 12.8 Å². The van der Waals surface area contributed by atoms with Gasteiger partial charge < -0.3 is 22.9 Å². The monoisotopic (exact) mass is 242 g/mol. The molecule has 0 amide bonds. The van der Waals surface area contributed by atoms with Crippen LogP contribution in [0.15, 0.2) is 9.98 Å². The molecule has 0 aliphatic heterocycles. The molecular weight excluding hydrogens is 216 g/mol. The van der Waals surface area contributed by atoms with E-state index in [1.165, 1.54) is 0 Å². The molecule has 0 saturated heterocycles. The van der Waals surface area contributed by atoms with Crippen LogP contribution in [0.2, 0.25) is 0 Å². The number of hydrogen-bond acceptors (Lipinski definition) is 6. The van der Waals surface area contributed by atoms with Gasteiger partial charge in [-0.05, 0) is 25.7 Å². The molecule has 0 saturated carbocycles. The highest BCUT2D eigenvalue weighted by Crippen LogP contribution is 2.04. The van der Waals surface area contributed by atoms with Gasteiger partial charge in [0.2, 0.25) is 0 Å². The first-order valence-corrected chi connectivity index (χ1v) is 6.16. The predicted molar refractivity (Wildman–Crippen MR) is 71.6 cm³/mol. The van der Waals surface area contributed by atoms with Crippen molar-refractivity contribution in [3.8, 4) is 0 Å². The molecule has 2 atom stereocenters. The number of nitrogens with zero attached hydrogens (tertiary/aromatic N) is 2. The van der Waals surface area contributed by atoms with Crippen molar-refractivity contribution in [1.29, 1.82) is 0 Å².